The summed E-state index contributed by atoms with van der Waals surface area (Å²) in [6.45, 7) is 7.20. The smallest absolute Gasteiger partial charge is 0.0799 e. The highest BCUT2D eigenvalue weighted by Gasteiger charge is 2.17. The number of aliphatic hydroxyl groups excluding tert-OH is 1. The Hall–Kier alpha value is 0.500. The monoisotopic (exact) mass is 285 g/mol. The van der Waals surface area contributed by atoms with Crippen molar-refractivity contribution in [3.8, 4) is 0 Å². The Balaban J connectivity index is 0. The second kappa shape index (κ2) is 11.6. The van der Waals surface area contributed by atoms with Crippen molar-refractivity contribution >= 4 is 24.0 Å². The van der Waals surface area contributed by atoms with Crippen LogP contribution in [0.15, 0.2) is 0 Å². The summed E-state index contributed by atoms with van der Waals surface area (Å²) in [5.41, 5.74) is 0.110. The van der Waals surface area contributed by atoms with Gasteiger partial charge in [0.1, 0.15) is 0 Å². The molecule has 0 aromatic carbocycles. The first kappa shape index (κ1) is 19.8. The van der Waals surface area contributed by atoms with Gasteiger partial charge in [-0.25, -0.2) is 0 Å². The van der Waals surface area contributed by atoms with E-state index in [9.17, 15) is 5.11 Å². The number of nitrogens with one attached hydrogen (secondary N) is 1. The van der Waals surface area contributed by atoms with E-state index >= 15 is 0 Å². The summed E-state index contributed by atoms with van der Waals surface area (Å²) in [6, 6.07) is 0. The Kier molecular flexibility index (Phi) is 13.5. The zero-order chi connectivity index (χ0) is 12.4. The summed E-state index contributed by atoms with van der Waals surface area (Å²) >= 11 is 5.55. The molecule has 0 saturated heterocycles. The summed E-state index contributed by atoms with van der Waals surface area (Å²) in [5, 5.41) is 12.7. The van der Waals surface area contributed by atoms with Crippen molar-refractivity contribution in [1.82, 2.24) is 5.32 Å². The lowest BCUT2D eigenvalue weighted by Gasteiger charge is -2.27. The largest absolute Gasteiger partial charge is 0.391 e. The molecule has 0 aliphatic rings. The molecule has 1 atom stereocenters. The lowest BCUT2D eigenvalue weighted by molar-refractivity contribution is 0.176. The molecule has 0 radical (unpaired) electrons. The van der Waals surface area contributed by atoms with E-state index in [0.29, 0.717) is 12.4 Å². The Bertz CT molecular complexity index is 165. The van der Waals surface area contributed by atoms with E-state index in [-0.39, 0.29) is 17.9 Å². The van der Waals surface area contributed by atoms with Crippen molar-refractivity contribution in [3.05, 3.63) is 0 Å². The van der Waals surface area contributed by atoms with Crippen LogP contribution in [-0.4, -0.2) is 29.2 Å². The summed E-state index contributed by atoms with van der Waals surface area (Å²) in [7, 11) is 0. The quantitative estimate of drug-likeness (QED) is 0.473. The fraction of sp³-hybridized carbons (Fsp3) is 1.00. The standard InChI is InChI=1S/C13H28ClNO.ClH/c1-4-5-6-7-8-9-13(2,3)15-11-12(16)10-14;/h12,15-16H,4-11H2,1-3H3;1H. The third-order valence-electron chi connectivity index (χ3n) is 2.90. The lowest BCUT2D eigenvalue weighted by Crippen LogP contribution is -2.43. The van der Waals surface area contributed by atoms with Crippen LogP contribution >= 0.6 is 24.0 Å². The molecule has 0 amide bonds. The third kappa shape index (κ3) is 12.7. The first-order chi connectivity index (χ1) is 7.52. The molecular weight excluding hydrogens is 257 g/mol. The van der Waals surface area contributed by atoms with Gasteiger partial charge < -0.3 is 10.4 Å². The molecule has 0 bridgehead atoms. The molecular formula is C13H29Cl2NO. The Morgan fingerprint density at radius 3 is 2.29 bits per heavy atom. The van der Waals surface area contributed by atoms with Gasteiger partial charge in [-0.1, -0.05) is 39.0 Å². The van der Waals surface area contributed by atoms with Gasteiger partial charge in [-0.15, -0.1) is 24.0 Å². The molecule has 0 aliphatic carbocycles. The van der Waals surface area contributed by atoms with Gasteiger partial charge in [0, 0.05) is 18.0 Å². The molecule has 4 heteroatoms. The number of alkyl halides is 1. The van der Waals surface area contributed by atoms with E-state index in [0.717, 1.165) is 6.42 Å². The van der Waals surface area contributed by atoms with Crippen molar-refractivity contribution in [2.75, 3.05) is 12.4 Å². The van der Waals surface area contributed by atoms with Gasteiger partial charge in [0.2, 0.25) is 0 Å². The molecule has 17 heavy (non-hydrogen) atoms. The molecule has 0 aliphatic heterocycles. The number of β-amino-alcohol motifs (C(OH)–C–C–N with tert-alkyl or cyclic N) is 1. The minimum atomic E-state index is -0.430. The summed E-state index contributed by atoms with van der Waals surface area (Å²) in [4.78, 5) is 0. The van der Waals surface area contributed by atoms with Gasteiger partial charge >= 0.3 is 0 Å². The molecule has 0 fully saturated rings. The van der Waals surface area contributed by atoms with Crippen LogP contribution in [-0.2, 0) is 0 Å². The zero-order valence-corrected chi connectivity index (χ0v) is 13.0. The van der Waals surface area contributed by atoms with Crippen LogP contribution in [0, 0.1) is 0 Å². The van der Waals surface area contributed by atoms with Gasteiger partial charge in [0.05, 0.1) is 6.10 Å². The summed E-state index contributed by atoms with van der Waals surface area (Å²) in [6.07, 6.45) is 7.29. The number of rotatable bonds is 10. The van der Waals surface area contributed by atoms with Gasteiger partial charge in [0.25, 0.3) is 0 Å². The number of hydrogen-bond donors (Lipinski definition) is 2. The number of aliphatic hydroxyl groups is 1. The van der Waals surface area contributed by atoms with E-state index in [1.165, 1.54) is 32.1 Å². The van der Waals surface area contributed by atoms with Crippen molar-refractivity contribution in [1.29, 1.82) is 0 Å². The number of hydrogen-bond acceptors (Lipinski definition) is 2. The first-order valence-electron chi connectivity index (χ1n) is 6.51. The average Bonchev–Trinajstić information content (AvgIpc) is 2.25. The van der Waals surface area contributed by atoms with E-state index in [4.69, 9.17) is 11.6 Å². The van der Waals surface area contributed by atoms with E-state index in [1.54, 1.807) is 0 Å². The maximum Gasteiger partial charge on any atom is 0.0799 e. The summed E-state index contributed by atoms with van der Waals surface area (Å²) in [5.74, 6) is 0.305. The lowest BCUT2D eigenvalue weighted by atomic mass is 9.96. The van der Waals surface area contributed by atoms with Crippen molar-refractivity contribution < 1.29 is 5.11 Å². The van der Waals surface area contributed by atoms with Crippen LogP contribution in [0.25, 0.3) is 0 Å². The van der Waals surface area contributed by atoms with E-state index < -0.39 is 6.10 Å². The SMILES string of the molecule is CCCCCCCC(C)(C)NCC(O)CCl.Cl. The minimum Gasteiger partial charge on any atom is -0.391 e. The average molecular weight is 286 g/mol. The van der Waals surface area contributed by atoms with Gasteiger partial charge in [-0.05, 0) is 20.3 Å². The topological polar surface area (TPSA) is 32.3 Å². The van der Waals surface area contributed by atoms with Crippen LogP contribution in [0.2, 0.25) is 0 Å². The molecule has 0 saturated carbocycles. The highest BCUT2D eigenvalue weighted by atomic mass is 35.5. The van der Waals surface area contributed by atoms with Crippen LogP contribution in [0.5, 0.6) is 0 Å². The molecule has 0 spiro atoms. The summed E-state index contributed by atoms with van der Waals surface area (Å²) < 4.78 is 0. The number of unbranched alkanes of at least 4 members (excludes halogenated alkanes) is 4. The van der Waals surface area contributed by atoms with Crippen molar-refractivity contribution in [2.45, 2.75) is 70.9 Å². The van der Waals surface area contributed by atoms with Gasteiger partial charge in [-0.2, -0.15) is 0 Å². The van der Waals surface area contributed by atoms with Crippen LogP contribution < -0.4 is 5.32 Å². The fourth-order valence-corrected chi connectivity index (χ4v) is 1.82. The molecule has 0 aromatic heterocycles. The third-order valence-corrected chi connectivity index (χ3v) is 3.26. The molecule has 0 heterocycles. The van der Waals surface area contributed by atoms with Crippen LogP contribution in [0.3, 0.4) is 0 Å². The molecule has 106 valence electrons. The van der Waals surface area contributed by atoms with E-state index in [1.807, 2.05) is 0 Å². The molecule has 2 nitrogen and oxygen atoms in total. The predicted octanol–water partition coefficient (Wildman–Crippen LogP) is 3.74. The number of halogens is 2. The molecule has 1 unspecified atom stereocenters. The van der Waals surface area contributed by atoms with Crippen LogP contribution in [0.1, 0.15) is 59.3 Å². The Labute approximate surface area is 118 Å². The van der Waals surface area contributed by atoms with Gasteiger partial charge in [-0.3, -0.25) is 0 Å². The van der Waals surface area contributed by atoms with Crippen molar-refractivity contribution in [2.24, 2.45) is 0 Å². The van der Waals surface area contributed by atoms with Gasteiger partial charge in [0.15, 0.2) is 0 Å². The maximum atomic E-state index is 9.37. The predicted molar refractivity (Wildman–Crippen MR) is 79.4 cm³/mol. The normalized spacial score (nSPS) is 13.2. The minimum absolute atomic E-state index is 0. The Morgan fingerprint density at radius 2 is 1.76 bits per heavy atom. The zero-order valence-electron chi connectivity index (χ0n) is 11.5. The van der Waals surface area contributed by atoms with E-state index in [2.05, 4.69) is 26.1 Å². The highest BCUT2D eigenvalue weighted by molar-refractivity contribution is 6.18. The Morgan fingerprint density at radius 1 is 1.18 bits per heavy atom. The molecule has 0 aromatic rings. The second-order valence-electron chi connectivity index (χ2n) is 5.24. The highest BCUT2D eigenvalue weighted by Crippen LogP contribution is 2.15. The molecule has 0 rings (SSSR count). The maximum absolute atomic E-state index is 9.37. The van der Waals surface area contributed by atoms with Crippen molar-refractivity contribution in [3.63, 3.8) is 0 Å². The first-order valence-corrected chi connectivity index (χ1v) is 7.04. The fourth-order valence-electron chi connectivity index (χ4n) is 1.71. The van der Waals surface area contributed by atoms with Crippen LogP contribution in [0.4, 0.5) is 0 Å². The second-order valence-corrected chi connectivity index (χ2v) is 5.55. The molecule has 2 N–H and O–H groups in total.